The van der Waals surface area contributed by atoms with Gasteiger partial charge in [-0.15, -0.1) is 0 Å². The van der Waals surface area contributed by atoms with E-state index in [4.69, 9.17) is 9.41 Å². The van der Waals surface area contributed by atoms with Gasteiger partial charge in [0.2, 0.25) is 0 Å². The van der Waals surface area contributed by atoms with E-state index < -0.39 is 0 Å². The van der Waals surface area contributed by atoms with Crippen LogP contribution in [0.5, 0.6) is 0 Å². The number of hydrogen-bond acceptors (Lipinski definition) is 3. The molecule has 3 atom stereocenters. The average molecular weight is 796 g/mol. The van der Waals surface area contributed by atoms with Crippen molar-refractivity contribution in [3.8, 4) is 5.69 Å². The van der Waals surface area contributed by atoms with Gasteiger partial charge in [0.25, 0.3) is 0 Å². The number of aliphatic imine (C=N–C) groups is 1. The molecule has 1 aliphatic rings. The highest BCUT2D eigenvalue weighted by molar-refractivity contribution is 6.20. The summed E-state index contributed by atoms with van der Waals surface area (Å²) in [5.41, 5.74) is 9.77. The van der Waals surface area contributed by atoms with Gasteiger partial charge in [-0.2, -0.15) is 0 Å². The van der Waals surface area contributed by atoms with Crippen LogP contribution in [0.15, 0.2) is 204 Å². The van der Waals surface area contributed by atoms with Crippen molar-refractivity contribution >= 4 is 92.5 Å². The molecule has 0 bridgehead atoms. The van der Waals surface area contributed by atoms with Crippen molar-refractivity contribution < 1.29 is 4.42 Å². The molecule has 10 aromatic carbocycles. The molecule has 1 aliphatic heterocycles. The lowest BCUT2D eigenvalue weighted by molar-refractivity contribution is 0.358. The molecule has 2 aromatic heterocycles. The van der Waals surface area contributed by atoms with Crippen LogP contribution in [0, 0.1) is 5.92 Å². The summed E-state index contributed by atoms with van der Waals surface area (Å²) in [6.07, 6.45) is 0.542. The molecule has 0 radical (unpaired) electrons. The van der Waals surface area contributed by atoms with E-state index in [1.165, 1.54) is 65.0 Å². The molecule has 0 fully saturated rings. The largest absolute Gasteiger partial charge is 0.456 e. The fourth-order valence-electron chi connectivity index (χ4n) is 10.7. The quantitative estimate of drug-likeness (QED) is 0.176. The molecule has 0 saturated heterocycles. The summed E-state index contributed by atoms with van der Waals surface area (Å²) in [5, 5.41) is 18.7. The van der Waals surface area contributed by atoms with Crippen LogP contribution in [0.1, 0.15) is 42.2 Å². The molecule has 3 unspecified atom stereocenters. The van der Waals surface area contributed by atoms with Crippen LogP contribution in [0.3, 0.4) is 0 Å². The Hall–Kier alpha value is -7.53. The first-order chi connectivity index (χ1) is 30.7. The van der Waals surface area contributed by atoms with E-state index in [0.29, 0.717) is 0 Å². The third-order valence-corrected chi connectivity index (χ3v) is 13.6. The van der Waals surface area contributed by atoms with Gasteiger partial charge in [0, 0.05) is 33.7 Å². The Bertz CT molecular complexity index is 3810. The number of nitrogens with one attached hydrogen (secondary N) is 1. The zero-order valence-electron chi connectivity index (χ0n) is 34.2. The first-order valence-corrected chi connectivity index (χ1v) is 21.8. The Balaban J connectivity index is 1.10. The number of furan rings is 1. The topological polar surface area (TPSA) is 42.5 Å². The van der Waals surface area contributed by atoms with Gasteiger partial charge in [0.1, 0.15) is 17.3 Å². The van der Waals surface area contributed by atoms with Crippen molar-refractivity contribution in [2.24, 2.45) is 10.9 Å². The van der Waals surface area contributed by atoms with Gasteiger partial charge >= 0.3 is 0 Å². The van der Waals surface area contributed by atoms with Gasteiger partial charge < -0.3 is 8.98 Å². The third-order valence-electron chi connectivity index (χ3n) is 13.6. The van der Waals surface area contributed by atoms with Gasteiger partial charge in [-0.3, -0.25) is 10.3 Å². The van der Waals surface area contributed by atoms with Crippen molar-refractivity contribution in [1.82, 2.24) is 9.88 Å². The van der Waals surface area contributed by atoms with Crippen molar-refractivity contribution in [2.75, 3.05) is 0 Å². The van der Waals surface area contributed by atoms with Crippen LogP contribution in [0.2, 0.25) is 0 Å². The number of aromatic nitrogens is 1. The second-order valence-electron chi connectivity index (χ2n) is 17.0. The number of fused-ring (bicyclic) bond motifs is 11. The van der Waals surface area contributed by atoms with E-state index >= 15 is 0 Å². The van der Waals surface area contributed by atoms with Gasteiger partial charge in [0.15, 0.2) is 0 Å². The van der Waals surface area contributed by atoms with E-state index in [9.17, 15) is 0 Å². The molecule has 0 saturated carbocycles. The molecule has 4 heteroatoms. The highest BCUT2D eigenvalue weighted by Crippen LogP contribution is 2.44. The number of rotatable bonds is 5. The van der Waals surface area contributed by atoms with Crippen molar-refractivity contribution in [1.29, 1.82) is 0 Å². The Morgan fingerprint density at radius 2 is 1.13 bits per heavy atom. The predicted molar refractivity (Wildman–Crippen MR) is 260 cm³/mol. The van der Waals surface area contributed by atoms with Crippen LogP contribution in [0.4, 0.5) is 0 Å². The Morgan fingerprint density at radius 3 is 1.94 bits per heavy atom. The summed E-state index contributed by atoms with van der Waals surface area (Å²) < 4.78 is 9.31. The first kappa shape index (κ1) is 35.2. The molecule has 12 aromatic rings. The maximum absolute atomic E-state index is 6.85. The fraction of sp³-hybridized carbons (Fsp3) is 0.0862. The van der Waals surface area contributed by atoms with Crippen LogP contribution in [0.25, 0.3) is 92.5 Å². The number of hydrogen-bond donors (Lipinski definition) is 1. The zero-order chi connectivity index (χ0) is 40.9. The summed E-state index contributed by atoms with van der Waals surface area (Å²) >= 11 is 0. The Kier molecular flexibility index (Phi) is 7.82. The second kappa shape index (κ2) is 13.8. The average Bonchev–Trinajstić information content (AvgIpc) is 3.87. The van der Waals surface area contributed by atoms with Crippen molar-refractivity contribution in [3.05, 3.63) is 211 Å². The highest BCUT2D eigenvalue weighted by atomic mass is 16.3. The van der Waals surface area contributed by atoms with Crippen molar-refractivity contribution in [3.63, 3.8) is 0 Å². The molecular formula is C58H41N3O. The van der Waals surface area contributed by atoms with Crippen LogP contribution in [-0.2, 0) is 0 Å². The minimum absolute atomic E-state index is 0.0123. The molecule has 1 N–H and O–H groups in total. The first-order valence-electron chi connectivity index (χ1n) is 21.8. The lowest BCUT2D eigenvalue weighted by Gasteiger charge is -2.37. The molecular weight excluding hydrogens is 755 g/mol. The SMILES string of the molecule is CCC1C(c2cc3ccccc3c3ccccc23)=NC(c2cc(-n3c4ccccc4c4cc5ccccc5cc43)c3c(c2)oc2ccccc23)NC1c1ccc2ccccc2c1. The third kappa shape index (κ3) is 5.33. The Labute approximate surface area is 358 Å². The van der Waals surface area contributed by atoms with Gasteiger partial charge in [-0.1, -0.05) is 153 Å². The second-order valence-corrected chi connectivity index (χ2v) is 17.0. The molecule has 0 aliphatic carbocycles. The van der Waals surface area contributed by atoms with Crippen LogP contribution in [-0.4, -0.2) is 10.3 Å². The standard InChI is InChI=1S/C58H41N3O/c1-2-42-56(40-28-27-35-15-3-4-16-36(35)29-40)59-58(60-57(42)49-31-39-19-7-8-20-43(39)44-21-9-10-22-45(44)49)41-33-52(55-47-24-12-14-26-53(47)62-54(55)34-41)61-50-25-13-11-23-46(50)48-30-37-17-5-6-18-38(37)32-51(48)61/h3-34,42,56,58-59H,2H2,1H3. The van der Waals surface area contributed by atoms with E-state index in [1.54, 1.807) is 0 Å². The van der Waals surface area contributed by atoms with Crippen molar-refractivity contribution in [2.45, 2.75) is 25.6 Å². The minimum Gasteiger partial charge on any atom is -0.456 e. The van der Waals surface area contributed by atoms with Gasteiger partial charge in [0.05, 0.1) is 27.8 Å². The molecule has 0 spiro atoms. The monoisotopic (exact) mass is 795 g/mol. The summed E-state index contributed by atoms with van der Waals surface area (Å²) in [4.78, 5) is 5.87. The minimum atomic E-state index is -0.375. The molecule has 4 nitrogen and oxygen atoms in total. The fourth-order valence-corrected chi connectivity index (χ4v) is 10.7. The molecule has 0 amide bonds. The maximum Gasteiger partial charge on any atom is 0.137 e. The molecule has 13 rings (SSSR count). The predicted octanol–water partition coefficient (Wildman–Crippen LogP) is 15.2. The summed E-state index contributed by atoms with van der Waals surface area (Å²) in [7, 11) is 0. The van der Waals surface area contributed by atoms with E-state index in [-0.39, 0.29) is 18.1 Å². The maximum atomic E-state index is 6.85. The lowest BCUT2D eigenvalue weighted by Crippen LogP contribution is -2.40. The molecule has 3 heterocycles. The number of benzene rings is 10. The van der Waals surface area contributed by atoms with E-state index in [0.717, 1.165) is 56.4 Å². The molecule has 294 valence electrons. The number of para-hydroxylation sites is 2. The van der Waals surface area contributed by atoms with Crippen LogP contribution < -0.4 is 5.32 Å². The summed E-state index contributed by atoms with van der Waals surface area (Å²) in [6.45, 7) is 2.31. The summed E-state index contributed by atoms with van der Waals surface area (Å²) in [6, 6.07) is 70.9. The van der Waals surface area contributed by atoms with Crippen LogP contribution >= 0.6 is 0 Å². The zero-order valence-corrected chi connectivity index (χ0v) is 34.2. The summed E-state index contributed by atoms with van der Waals surface area (Å²) in [5.74, 6) is 0.108. The van der Waals surface area contributed by atoms with E-state index in [1.807, 2.05) is 0 Å². The lowest BCUT2D eigenvalue weighted by atomic mass is 9.80. The highest BCUT2D eigenvalue weighted by Gasteiger charge is 2.36. The smallest absolute Gasteiger partial charge is 0.137 e. The van der Waals surface area contributed by atoms with Gasteiger partial charge in [-0.05, 0) is 109 Å². The Morgan fingerprint density at radius 1 is 0.484 bits per heavy atom. The van der Waals surface area contributed by atoms with E-state index in [2.05, 4.69) is 211 Å². The normalized spacial score (nSPS) is 17.0. The molecule has 62 heavy (non-hydrogen) atoms. The van der Waals surface area contributed by atoms with Gasteiger partial charge in [-0.25, -0.2) is 0 Å². The number of nitrogens with zero attached hydrogens (tertiary/aromatic N) is 2.